The molecule has 0 fully saturated rings. The zero-order valence-corrected chi connectivity index (χ0v) is 9.31. The van der Waals surface area contributed by atoms with Crippen molar-refractivity contribution in [3.8, 4) is 17.6 Å². The van der Waals surface area contributed by atoms with Gasteiger partial charge in [-0.15, -0.1) is 0 Å². The van der Waals surface area contributed by atoms with E-state index in [1.54, 1.807) is 12.1 Å². The molecule has 0 saturated carbocycles. The van der Waals surface area contributed by atoms with E-state index >= 15 is 0 Å². The lowest BCUT2D eigenvalue weighted by Crippen LogP contribution is -1.76. The molecule has 12 heavy (non-hydrogen) atoms. The molecule has 0 aliphatic rings. The van der Waals surface area contributed by atoms with Gasteiger partial charge in [0.1, 0.15) is 5.75 Å². The normalized spacial score (nSPS) is 8.83. The van der Waals surface area contributed by atoms with E-state index < -0.39 is 0 Å². The number of phenolic OH excluding ortho intramolecular Hbond substituents is 1. The van der Waals surface area contributed by atoms with Gasteiger partial charge in [0.2, 0.25) is 0 Å². The standard InChI is InChI=1S/C9H6Br2O/c10-5-1-2-7-3-4-8(11)6-9(7)12/h3-4,6,12H,5H2. The molecule has 0 amide bonds. The molecular weight excluding hydrogens is 284 g/mol. The van der Waals surface area contributed by atoms with Crippen molar-refractivity contribution in [2.45, 2.75) is 0 Å². The minimum absolute atomic E-state index is 0.206. The van der Waals surface area contributed by atoms with Crippen LogP contribution >= 0.6 is 31.9 Å². The lowest BCUT2D eigenvalue weighted by atomic mass is 10.2. The Hall–Kier alpha value is -0.460. The molecule has 0 aromatic heterocycles. The number of phenols is 1. The van der Waals surface area contributed by atoms with Crippen LogP contribution in [-0.4, -0.2) is 10.4 Å². The first-order chi connectivity index (χ1) is 5.74. The van der Waals surface area contributed by atoms with E-state index in [0.717, 1.165) is 4.47 Å². The molecule has 1 aromatic carbocycles. The minimum atomic E-state index is 0.206. The molecule has 0 saturated heterocycles. The van der Waals surface area contributed by atoms with Crippen LogP contribution < -0.4 is 0 Å². The Morgan fingerprint density at radius 1 is 1.42 bits per heavy atom. The van der Waals surface area contributed by atoms with Crippen LogP contribution in [0.2, 0.25) is 0 Å². The van der Waals surface area contributed by atoms with Gasteiger partial charge in [-0.1, -0.05) is 43.7 Å². The molecule has 0 atom stereocenters. The van der Waals surface area contributed by atoms with Crippen molar-refractivity contribution >= 4 is 31.9 Å². The summed E-state index contributed by atoms with van der Waals surface area (Å²) >= 11 is 6.43. The summed E-state index contributed by atoms with van der Waals surface area (Å²) in [5.74, 6) is 5.84. The van der Waals surface area contributed by atoms with Crippen LogP contribution in [0.4, 0.5) is 0 Å². The second kappa shape index (κ2) is 4.54. The molecule has 1 aromatic rings. The van der Waals surface area contributed by atoms with Crippen LogP contribution in [-0.2, 0) is 0 Å². The number of halogens is 2. The highest BCUT2D eigenvalue weighted by atomic mass is 79.9. The summed E-state index contributed by atoms with van der Waals surface area (Å²) in [5.41, 5.74) is 0.651. The van der Waals surface area contributed by atoms with Crippen molar-refractivity contribution in [3.05, 3.63) is 28.2 Å². The third-order valence-corrected chi connectivity index (χ3v) is 2.02. The van der Waals surface area contributed by atoms with E-state index in [1.807, 2.05) is 6.07 Å². The van der Waals surface area contributed by atoms with Crippen LogP contribution in [0.25, 0.3) is 0 Å². The Kier molecular flexibility index (Phi) is 3.64. The number of hydrogen-bond acceptors (Lipinski definition) is 1. The summed E-state index contributed by atoms with van der Waals surface area (Å²) in [6.45, 7) is 0. The van der Waals surface area contributed by atoms with Crippen molar-refractivity contribution < 1.29 is 5.11 Å². The SMILES string of the molecule is Oc1cc(Br)ccc1C#CCBr. The average molecular weight is 290 g/mol. The highest BCUT2D eigenvalue weighted by molar-refractivity contribution is 9.10. The summed E-state index contributed by atoms with van der Waals surface area (Å²) in [6, 6.07) is 5.24. The second-order valence-corrected chi connectivity index (χ2v) is 3.57. The fraction of sp³-hybridized carbons (Fsp3) is 0.111. The quantitative estimate of drug-likeness (QED) is 0.575. The van der Waals surface area contributed by atoms with Gasteiger partial charge in [-0.3, -0.25) is 0 Å². The predicted octanol–water partition coefficient (Wildman–Crippen LogP) is 2.90. The van der Waals surface area contributed by atoms with Gasteiger partial charge >= 0.3 is 0 Å². The van der Waals surface area contributed by atoms with Crippen molar-refractivity contribution in [2.75, 3.05) is 5.33 Å². The zero-order valence-electron chi connectivity index (χ0n) is 6.14. The van der Waals surface area contributed by atoms with Crippen LogP contribution in [0.3, 0.4) is 0 Å². The van der Waals surface area contributed by atoms with E-state index in [9.17, 15) is 5.11 Å². The first-order valence-corrected chi connectivity index (χ1v) is 5.19. The maximum Gasteiger partial charge on any atom is 0.132 e. The average Bonchev–Trinajstić information content (AvgIpc) is 2.03. The summed E-state index contributed by atoms with van der Waals surface area (Å²) in [6.07, 6.45) is 0. The van der Waals surface area contributed by atoms with E-state index in [0.29, 0.717) is 10.9 Å². The number of benzene rings is 1. The highest BCUT2D eigenvalue weighted by Crippen LogP contribution is 2.21. The predicted molar refractivity (Wildman–Crippen MR) is 56.5 cm³/mol. The Morgan fingerprint density at radius 2 is 2.17 bits per heavy atom. The fourth-order valence-electron chi connectivity index (χ4n) is 0.739. The van der Waals surface area contributed by atoms with Gasteiger partial charge in [0.15, 0.2) is 0 Å². The Bertz CT molecular complexity index is 336. The van der Waals surface area contributed by atoms with Crippen molar-refractivity contribution in [1.29, 1.82) is 0 Å². The summed E-state index contributed by atoms with van der Waals surface area (Å²) in [7, 11) is 0. The highest BCUT2D eigenvalue weighted by Gasteiger charge is 1.96. The molecule has 0 heterocycles. The first kappa shape index (κ1) is 9.63. The summed E-state index contributed by atoms with van der Waals surface area (Å²) < 4.78 is 0.851. The number of alkyl halides is 1. The lowest BCUT2D eigenvalue weighted by Gasteiger charge is -1.95. The van der Waals surface area contributed by atoms with Crippen LogP contribution in [0.15, 0.2) is 22.7 Å². The minimum Gasteiger partial charge on any atom is -0.507 e. The summed E-state index contributed by atoms with van der Waals surface area (Å²) in [4.78, 5) is 0. The van der Waals surface area contributed by atoms with Crippen LogP contribution in [0.5, 0.6) is 5.75 Å². The molecule has 0 aliphatic heterocycles. The van der Waals surface area contributed by atoms with Crippen molar-refractivity contribution in [3.63, 3.8) is 0 Å². The summed E-state index contributed by atoms with van der Waals surface area (Å²) in [5, 5.41) is 9.98. The van der Waals surface area contributed by atoms with Crippen molar-refractivity contribution in [2.24, 2.45) is 0 Å². The van der Waals surface area contributed by atoms with E-state index in [2.05, 4.69) is 43.7 Å². The molecule has 62 valence electrons. The van der Waals surface area contributed by atoms with Crippen LogP contribution in [0, 0.1) is 11.8 Å². The maximum atomic E-state index is 9.37. The lowest BCUT2D eigenvalue weighted by molar-refractivity contribution is 0.473. The third-order valence-electron chi connectivity index (χ3n) is 1.25. The van der Waals surface area contributed by atoms with Gasteiger partial charge in [-0.05, 0) is 18.2 Å². The van der Waals surface area contributed by atoms with Gasteiger partial charge in [-0.2, -0.15) is 0 Å². The molecule has 0 spiro atoms. The van der Waals surface area contributed by atoms with Gasteiger partial charge in [0, 0.05) is 4.47 Å². The number of aromatic hydroxyl groups is 1. The molecule has 0 radical (unpaired) electrons. The maximum absolute atomic E-state index is 9.37. The van der Waals surface area contributed by atoms with Gasteiger partial charge in [0.25, 0.3) is 0 Å². The first-order valence-electron chi connectivity index (χ1n) is 3.27. The van der Waals surface area contributed by atoms with E-state index in [-0.39, 0.29) is 5.75 Å². The molecule has 0 aliphatic carbocycles. The second-order valence-electron chi connectivity index (χ2n) is 2.10. The monoisotopic (exact) mass is 288 g/mol. The van der Waals surface area contributed by atoms with Crippen LogP contribution in [0.1, 0.15) is 5.56 Å². The Labute approximate surface area is 88.1 Å². The molecule has 1 rings (SSSR count). The molecule has 1 nitrogen and oxygen atoms in total. The van der Waals surface area contributed by atoms with Gasteiger partial charge < -0.3 is 5.11 Å². The smallest absolute Gasteiger partial charge is 0.132 e. The topological polar surface area (TPSA) is 20.2 Å². The molecule has 0 unspecified atom stereocenters. The fourth-order valence-corrected chi connectivity index (χ4v) is 1.23. The molecular formula is C9H6Br2O. The van der Waals surface area contributed by atoms with E-state index in [1.165, 1.54) is 0 Å². The van der Waals surface area contributed by atoms with Gasteiger partial charge in [-0.25, -0.2) is 0 Å². The Balaban J connectivity index is 3.01. The number of rotatable bonds is 0. The Morgan fingerprint density at radius 3 is 2.75 bits per heavy atom. The van der Waals surface area contributed by atoms with Gasteiger partial charge in [0.05, 0.1) is 10.9 Å². The van der Waals surface area contributed by atoms with Crippen molar-refractivity contribution in [1.82, 2.24) is 0 Å². The molecule has 3 heteroatoms. The number of hydrogen-bond donors (Lipinski definition) is 1. The molecule has 0 bridgehead atoms. The van der Waals surface area contributed by atoms with E-state index in [4.69, 9.17) is 0 Å². The largest absolute Gasteiger partial charge is 0.507 e. The third kappa shape index (κ3) is 2.54. The molecule has 1 N–H and O–H groups in total. The zero-order chi connectivity index (χ0) is 8.97.